The van der Waals surface area contributed by atoms with Crippen LogP contribution in [0.4, 0.5) is 5.69 Å². The Hall–Kier alpha value is -1.95. The van der Waals surface area contributed by atoms with Crippen LogP contribution in [0.25, 0.3) is 0 Å². The van der Waals surface area contributed by atoms with Crippen LogP contribution in [0.2, 0.25) is 0 Å². The molecule has 114 valence electrons. The van der Waals surface area contributed by atoms with Gasteiger partial charge in [-0.2, -0.15) is 0 Å². The smallest absolute Gasteiger partial charge is 0.272 e. The van der Waals surface area contributed by atoms with Crippen molar-refractivity contribution in [3.8, 4) is 0 Å². The van der Waals surface area contributed by atoms with Gasteiger partial charge in [-0.25, -0.2) is 0 Å². The average molecular weight is 291 g/mol. The van der Waals surface area contributed by atoms with Crippen LogP contribution in [0.5, 0.6) is 0 Å². The first kappa shape index (κ1) is 15.4. The molecular weight excluding hydrogens is 270 g/mol. The van der Waals surface area contributed by atoms with E-state index in [2.05, 4.69) is 5.32 Å². The topological polar surface area (TPSA) is 75.5 Å². The molecule has 1 aromatic carbocycles. The van der Waals surface area contributed by atoms with Crippen molar-refractivity contribution in [2.45, 2.75) is 32.7 Å². The summed E-state index contributed by atoms with van der Waals surface area (Å²) in [6.07, 6.45) is 2.15. The quantitative estimate of drug-likeness (QED) is 0.666. The van der Waals surface area contributed by atoms with Gasteiger partial charge in [0.1, 0.15) is 0 Å². The molecule has 1 amide bonds. The highest BCUT2D eigenvalue weighted by molar-refractivity contribution is 5.78. The van der Waals surface area contributed by atoms with Crippen molar-refractivity contribution in [2.75, 3.05) is 19.6 Å². The van der Waals surface area contributed by atoms with Crippen LogP contribution in [-0.4, -0.2) is 35.4 Å². The number of carbonyl (C=O) groups is 1. The molecule has 6 heteroatoms. The zero-order chi connectivity index (χ0) is 15.4. The van der Waals surface area contributed by atoms with Gasteiger partial charge in [-0.3, -0.25) is 14.9 Å². The molecule has 0 saturated carbocycles. The third-order valence-corrected chi connectivity index (χ3v) is 3.95. The fourth-order valence-electron chi connectivity index (χ4n) is 2.53. The molecule has 1 saturated heterocycles. The largest absolute Gasteiger partial charge is 0.342 e. The number of benzene rings is 1. The van der Waals surface area contributed by atoms with Crippen molar-refractivity contribution in [2.24, 2.45) is 0 Å². The van der Waals surface area contributed by atoms with Gasteiger partial charge in [0.15, 0.2) is 0 Å². The number of nitrogens with zero attached hydrogens (tertiary/aromatic N) is 2. The molecule has 0 aromatic heterocycles. The summed E-state index contributed by atoms with van der Waals surface area (Å²) >= 11 is 0. The lowest BCUT2D eigenvalue weighted by molar-refractivity contribution is -0.385. The summed E-state index contributed by atoms with van der Waals surface area (Å²) in [6.45, 7) is 5.57. The molecule has 1 unspecified atom stereocenters. The van der Waals surface area contributed by atoms with Gasteiger partial charge in [0.2, 0.25) is 5.91 Å². The minimum Gasteiger partial charge on any atom is -0.342 e. The Kier molecular flexibility index (Phi) is 4.90. The Balaban J connectivity index is 1.96. The molecule has 1 N–H and O–H groups in total. The van der Waals surface area contributed by atoms with Crippen molar-refractivity contribution in [1.29, 1.82) is 0 Å². The maximum Gasteiger partial charge on any atom is 0.272 e. The molecule has 1 aliphatic heterocycles. The van der Waals surface area contributed by atoms with Crippen LogP contribution in [0.15, 0.2) is 18.2 Å². The van der Waals surface area contributed by atoms with Gasteiger partial charge in [0.05, 0.1) is 11.5 Å². The first-order valence-corrected chi connectivity index (χ1v) is 7.25. The minimum atomic E-state index is -0.374. The van der Waals surface area contributed by atoms with Crippen molar-refractivity contribution in [3.63, 3.8) is 0 Å². The van der Waals surface area contributed by atoms with Gasteiger partial charge < -0.3 is 10.2 Å². The van der Waals surface area contributed by atoms with Gasteiger partial charge in [-0.05, 0) is 32.3 Å². The van der Waals surface area contributed by atoms with Gasteiger partial charge >= 0.3 is 0 Å². The molecule has 0 bridgehead atoms. The number of aryl methyl sites for hydroxylation is 1. The molecule has 1 atom stereocenters. The molecule has 1 aromatic rings. The Bertz CT molecular complexity index is 539. The second-order valence-electron chi connectivity index (χ2n) is 5.49. The van der Waals surface area contributed by atoms with Gasteiger partial charge in [-0.15, -0.1) is 0 Å². The van der Waals surface area contributed by atoms with Crippen LogP contribution < -0.4 is 5.32 Å². The summed E-state index contributed by atoms with van der Waals surface area (Å²) in [5.74, 6) is 0.0981. The van der Waals surface area contributed by atoms with E-state index in [1.54, 1.807) is 19.1 Å². The first-order chi connectivity index (χ1) is 9.99. The van der Waals surface area contributed by atoms with E-state index < -0.39 is 0 Å². The maximum absolute atomic E-state index is 12.0. The van der Waals surface area contributed by atoms with Crippen molar-refractivity contribution in [3.05, 3.63) is 39.4 Å². The molecular formula is C15H21N3O3. The van der Waals surface area contributed by atoms with E-state index in [0.29, 0.717) is 5.56 Å². The molecule has 1 heterocycles. The van der Waals surface area contributed by atoms with Gasteiger partial charge in [-0.1, -0.05) is 12.1 Å². The number of carbonyl (C=O) groups excluding carboxylic acids is 1. The summed E-state index contributed by atoms with van der Waals surface area (Å²) in [5, 5.41) is 14.1. The molecule has 6 nitrogen and oxygen atoms in total. The zero-order valence-electron chi connectivity index (χ0n) is 12.5. The highest BCUT2D eigenvalue weighted by Gasteiger charge is 2.19. The van der Waals surface area contributed by atoms with E-state index in [-0.39, 0.29) is 29.1 Å². The van der Waals surface area contributed by atoms with E-state index in [9.17, 15) is 14.9 Å². The Morgan fingerprint density at radius 3 is 2.71 bits per heavy atom. The summed E-state index contributed by atoms with van der Waals surface area (Å²) in [6, 6.07) is 5.08. The second kappa shape index (κ2) is 6.67. The molecule has 21 heavy (non-hydrogen) atoms. The molecule has 0 radical (unpaired) electrons. The van der Waals surface area contributed by atoms with Crippen LogP contribution in [0.1, 0.15) is 36.9 Å². The molecule has 2 rings (SSSR count). The Morgan fingerprint density at radius 1 is 1.43 bits per heavy atom. The van der Waals surface area contributed by atoms with E-state index >= 15 is 0 Å². The van der Waals surface area contributed by atoms with E-state index in [1.165, 1.54) is 0 Å². The standard InChI is InChI=1S/C15H21N3O3/c1-11-5-6-13(9-14(11)18(20)21)12(2)16-10-15(19)17-7-3-4-8-17/h5-6,9,12,16H,3-4,7-8,10H2,1-2H3. The fraction of sp³-hybridized carbons (Fsp3) is 0.533. The van der Waals surface area contributed by atoms with E-state index in [0.717, 1.165) is 31.5 Å². The number of rotatable bonds is 5. The minimum absolute atomic E-state index is 0.0981. The lowest BCUT2D eigenvalue weighted by Crippen LogP contribution is -2.37. The highest BCUT2D eigenvalue weighted by Crippen LogP contribution is 2.23. The van der Waals surface area contributed by atoms with Crippen molar-refractivity contribution in [1.82, 2.24) is 10.2 Å². The predicted molar refractivity (Wildman–Crippen MR) is 80.1 cm³/mol. The monoisotopic (exact) mass is 291 g/mol. The normalized spacial score (nSPS) is 16.0. The fourth-order valence-corrected chi connectivity index (χ4v) is 2.53. The Morgan fingerprint density at radius 2 is 2.10 bits per heavy atom. The van der Waals surface area contributed by atoms with Crippen LogP contribution in [0, 0.1) is 17.0 Å². The summed E-state index contributed by atoms with van der Waals surface area (Å²) in [7, 11) is 0. The number of nitro benzene ring substituents is 1. The predicted octanol–water partition coefficient (Wildman–Crippen LogP) is 2.18. The van der Waals surface area contributed by atoms with Crippen molar-refractivity contribution >= 4 is 11.6 Å². The maximum atomic E-state index is 12.0. The average Bonchev–Trinajstić information content (AvgIpc) is 2.98. The molecule has 0 aliphatic carbocycles. The molecule has 1 fully saturated rings. The Labute approximate surface area is 124 Å². The SMILES string of the molecule is Cc1ccc(C(C)NCC(=O)N2CCCC2)cc1[N+](=O)[O-]. The number of likely N-dealkylation sites (tertiary alicyclic amines) is 1. The second-order valence-corrected chi connectivity index (χ2v) is 5.49. The third kappa shape index (κ3) is 3.78. The zero-order valence-corrected chi connectivity index (χ0v) is 12.5. The third-order valence-electron chi connectivity index (χ3n) is 3.95. The number of hydrogen-bond donors (Lipinski definition) is 1. The lowest BCUT2D eigenvalue weighted by atomic mass is 10.0. The van der Waals surface area contributed by atoms with Crippen LogP contribution in [0.3, 0.4) is 0 Å². The number of nitro groups is 1. The summed E-state index contributed by atoms with van der Waals surface area (Å²) in [4.78, 5) is 24.4. The number of amides is 1. The van der Waals surface area contributed by atoms with E-state index in [1.807, 2.05) is 17.9 Å². The van der Waals surface area contributed by atoms with Gasteiger partial charge in [0, 0.05) is 30.8 Å². The van der Waals surface area contributed by atoms with Crippen LogP contribution >= 0.6 is 0 Å². The van der Waals surface area contributed by atoms with E-state index in [4.69, 9.17) is 0 Å². The van der Waals surface area contributed by atoms with Crippen LogP contribution in [-0.2, 0) is 4.79 Å². The molecule has 1 aliphatic rings. The molecule has 0 spiro atoms. The summed E-state index contributed by atoms with van der Waals surface area (Å²) in [5.41, 5.74) is 1.58. The number of hydrogen-bond acceptors (Lipinski definition) is 4. The lowest BCUT2D eigenvalue weighted by Gasteiger charge is -2.18. The first-order valence-electron chi connectivity index (χ1n) is 7.25. The summed E-state index contributed by atoms with van der Waals surface area (Å²) < 4.78 is 0. The highest BCUT2D eigenvalue weighted by atomic mass is 16.6. The van der Waals surface area contributed by atoms with Gasteiger partial charge in [0.25, 0.3) is 5.69 Å². The van der Waals surface area contributed by atoms with Crippen molar-refractivity contribution < 1.29 is 9.72 Å². The number of nitrogens with one attached hydrogen (secondary N) is 1.